The number of carbonyl (C=O) groups is 2. The molecule has 2 aromatic rings. The van der Waals surface area contributed by atoms with E-state index >= 15 is 0 Å². The Hall–Kier alpha value is -2.08. The highest BCUT2D eigenvalue weighted by molar-refractivity contribution is 6.31. The summed E-state index contributed by atoms with van der Waals surface area (Å²) in [6.45, 7) is 0.598. The van der Waals surface area contributed by atoms with Gasteiger partial charge in [0.05, 0.1) is 5.92 Å². The maximum atomic E-state index is 13.3. The van der Waals surface area contributed by atoms with Crippen molar-refractivity contribution in [3.63, 3.8) is 0 Å². The van der Waals surface area contributed by atoms with E-state index < -0.39 is 5.54 Å². The molecule has 0 saturated carbocycles. The van der Waals surface area contributed by atoms with Gasteiger partial charge in [-0.1, -0.05) is 41.4 Å². The number of anilines is 1. The van der Waals surface area contributed by atoms with Crippen LogP contribution in [0, 0.1) is 5.92 Å². The van der Waals surface area contributed by atoms with Gasteiger partial charge in [-0.3, -0.25) is 14.9 Å². The summed E-state index contributed by atoms with van der Waals surface area (Å²) in [4.78, 5) is 26.1. The fraction of sp³-hybridized carbons (Fsp3) is 0.300. The molecule has 2 saturated heterocycles. The number of nitrogens with one attached hydrogen (secondary N) is 3. The number of hydrogen-bond donors (Lipinski definition) is 3. The van der Waals surface area contributed by atoms with Crippen molar-refractivity contribution >= 4 is 40.7 Å². The number of hydrogen-bond acceptors (Lipinski definition) is 3. The summed E-state index contributed by atoms with van der Waals surface area (Å²) >= 11 is 12.4. The molecule has 0 unspecified atom stereocenters. The van der Waals surface area contributed by atoms with Gasteiger partial charge in [0.2, 0.25) is 11.8 Å². The maximum absolute atomic E-state index is 13.3. The zero-order chi connectivity index (χ0) is 18.8. The summed E-state index contributed by atoms with van der Waals surface area (Å²) in [7, 11) is 0. The highest BCUT2D eigenvalue weighted by atomic mass is 35.5. The van der Waals surface area contributed by atoms with Crippen LogP contribution >= 0.6 is 23.2 Å². The molecule has 0 aliphatic carbocycles. The number of rotatable bonds is 1. The Labute approximate surface area is 166 Å². The van der Waals surface area contributed by atoms with Gasteiger partial charge in [-0.25, -0.2) is 0 Å². The molecule has 0 bridgehead atoms. The standard InChI is InChI=1S/C20H17Cl2N3O2/c21-11-3-1-2-10(8-11)17-16-14(6-7-23-18(16)26)25-20(17)13-5-4-12(22)9-15(13)24-19(20)27/h1-5,8-9,14,16-17,25H,6-7H2,(H,23,26)(H,24,27)/t14-,16+,17-,20+/m0/s1. The van der Waals surface area contributed by atoms with E-state index in [1.54, 1.807) is 18.2 Å². The predicted molar refractivity (Wildman–Crippen MR) is 104 cm³/mol. The molecule has 2 aromatic carbocycles. The second-order valence-corrected chi connectivity index (χ2v) is 8.21. The number of halogens is 2. The van der Waals surface area contributed by atoms with E-state index in [4.69, 9.17) is 23.2 Å². The van der Waals surface area contributed by atoms with Crippen molar-refractivity contribution in [1.29, 1.82) is 0 Å². The first-order valence-corrected chi connectivity index (χ1v) is 9.68. The monoisotopic (exact) mass is 401 g/mol. The third kappa shape index (κ3) is 2.35. The Morgan fingerprint density at radius 1 is 1.04 bits per heavy atom. The highest BCUT2D eigenvalue weighted by Crippen LogP contribution is 2.55. The van der Waals surface area contributed by atoms with Crippen molar-refractivity contribution in [1.82, 2.24) is 10.6 Å². The molecular formula is C20H17Cl2N3O2. The van der Waals surface area contributed by atoms with Crippen LogP contribution in [0.25, 0.3) is 0 Å². The predicted octanol–water partition coefficient (Wildman–Crippen LogP) is 3.03. The van der Waals surface area contributed by atoms with Crippen LogP contribution in [-0.4, -0.2) is 24.4 Å². The van der Waals surface area contributed by atoms with Crippen molar-refractivity contribution < 1.29 is 9.59 Å². The molecular weight excluding hydrogens is 385 g/mol. The summed E-state index contributed by atoms with van der Waals surface area (Å²) in [5.74, 6) is -0.920. The maximum Gasteiger partial charge on any atom is 0.250 e. The van der Waals surface area contributed by atoms with Gasteiger partial charge in [0, 0.05) is 39.8 Å². The molecule has 27 heavy (non-hydrogen) atoms. The molecule has 0 aromatic heterocycles. The van der Waals surface area contributed by atoms with Gasteiger partial charge < -0.3 is 10.6 Å². The molecule has 2 amide bonds. The van der Waals surface area contributed by atoms with E-state index in [1.807, 2.05) is 24.3 Å². The molecule has 138 valence electrons. The number of fused-ring (bicyclic) bond motifs is 3. The Kier molecular flexibility index (Phi) is 3.76. The lowest BCUT2D eigenvalue weighted by Crippen LogP contribution is -2.49. The molecule has 0 radical (unpaired) electrons. The van der Waals surface area contributed by atoms with E-state index in [0.717, 1.165) is 17.5 Å². The molecule has 3 aliphatic heterocycles. The fourth-order valence-electron chi connectivity index (χ4n) is 4.94. The van der Waals surface area contributed by atoms with E-state index in [0.29, 0.717) is 22.3 Å². The van der Waals surface area contributed by atoms with E-state index in [-0.39, 0.29) is 29.7 Å². The lowest BCUT2D eigenvalue weighted by Gasteiger charge is -2.32. The van der Waals surface area contributed by atoms with Crippen LogP contribution in [0.4, 0.5) is 5.69 Å². The van der Waals surface area contributed by atoms with Gasteiger partial charge >= 0.3 is 0 Å². The van der Waals surface area contributed by atoms with Crippen molar-refractivity contribution in [2.24, 2.45) is 5.92 Å². The first-order chi connectivity index (χ1) is 13.0. The zero-order valence-corrected chi connectivity index (χ0v) is 15.8. The van der Waals surface area contributed by atoms with E-state index in [1.165, 1.54) is 0 Å². The average molecular weight is 402 g/mol. The van der Waals surface area contributed by atoms with Crippen molar-refractivity contribution in [3.05, 3.63) is 63.6 Å². The molecule has 4 atom stereocenters. The van der Waals surface area contributed by atoms with Gasteiger partial charge in [0.25, 0.3) is 0 Å². The highest BCUT2D eigenvalue weighted by Gasteiger charge is 2.64. The van der Waals surface area contributed by atoms with Crippen LogP contribution in [0.15, 0.2) is 42.5 Å². The van der Waals surface area contributed by atoms with Crippen LogP contribution < -0.4 is 16.0 Å². The van der Waals surface area contributed by atoms with Gasteiger partial charge in [0.15, 0.2) is 0 Å². The number of piperidine rings is 1. The van der Waals surface area contributed by atoms with Gasteiger partial charge in [-0.2, -0.15) is 0 Å². The van der Waals surface area contributed by atoms with Crippen molar-refractivity contribution in [2.45, 2.75) is 23.9 Å². The van der Waals surface area contributed by atoms with Crippen LogP contribution in [0.1, 0.15) is 23.5 Å². The van der Waals surface area contributed by atoms with Crippen LogP contribution in [0.3, 0.4) is 0 Å². The van der Waals surface area contributed by atoms with Crippen LogP contribution in [-0.2, 0) is 15.1 Å². The largest absolute Gasteiger partial charge is 0.356 e. The molecule has 7 heteroatoms. The Bertz CT molecular complexity index is 979. The molecule has 1 spiro atoms. The molecule has 5 nitrogen and oxygen atoms in total. The molecule has 3 aliphatic rings. The molecule has 5 rings (SSSR count). The summed E-state index contributed by atoms with van der Waals surface area (Å²) in [5, 5.41) is 10.6. The molecule has 3 N–H and O–H groups in total. The second kappa shape index (κ2) is 5.96. The minimum absolute atomic E-state index is 0.0317. The summed E-state index contributed by atoms with van der Waals surface area (Å²) < 4.78 is 0. The van der Waals surface area contributed by atoms with E-state index in [9.17, 15) is 9.59 Å². The minimum Gasteiger partial charge on any atom is -0.356 e. The second-order valence-electron chi connectivity index (χ2n) is 7.34. The van der Waals surface area contributed by atoms with Crippen LogP contribution in [0.5, 0.6) is 0 Å². The first-order valence-electron chi connectivity index (χ1n) is 8.93. The summed E-state index contributed by atoms with van der Waals surface area (Å²) in [5.41, 5.74) is 1.36. The molecule has 3 heterocycles. The first kappa shape index (κ1) is 17.0. The minimum atomic E-state index is -1.03. The molecule has 2 fully saturated rings. The Balaban J connectivity index is 1.75. The average Bonchev–Trinajstić information content (AvgIpc) is 3.11. The number of amides is 2. The summed E-state index contributed by atoms with van der Waals surface area (Å²) in [6, 6.07) is 12.7. The SMILES string of the molecule is O=C1NCC[C@@H]2N[C@@]3(C(=O)Nc4cc(Cl)ccc43)[C@@H](c3cccc(Cl)c3)[C@H]12. The van der Waals surface area contributed by atoms with E-state index in [2.05, 4.69) is 16.0 Å². The topological polar surface area (TPSA) is 70.2 Å². The van der Waals surface area contributed by atoms with Crippen molar-refractivity contribution in [2.75, 3.05) is 11.9 Å². The van der Waals surface area contributed by atoms with Crippen molar-refractivity contribution in [3.8, 4) is 0 Å². The smallest absolute Gasteiger partial charge is 0.250 e. The Morgan fingerprint density at radius 2 is 1.85 bits per heavy atom. The third-order valence-corrected chi connectivity index (χ3v) is 6.42. The van der Waals surface area contributed by atoms with Crippen LogP contribution in [0.2, 0.25) is 10.0 Å². The fourth-order valence-corrected chi connectivity index (χ4v) is 5.32. The quantitative estimate of drug-likeness (QED) is 0.687. The zero-order valence-electron chi connectivity index (χ0n) is 14.3. The normalized spacial score (nSPS) is 31.4. The van der Waals surface area contributed by atoms with Gasteiger partial charge in [-0.15, -0.1) is 0 Å². The summed E-state index contributed by atoms with van der Waals surface area (Å²) in [6.07, 6.45) is 0.769. The van der Waals surface area contributed by atoms with Gasteiger partial charge in [-0.05, 0) is 36.2 Å². The number of carbonyl (C=O) groups excluding carboxylic acids is 2. The lowest BCUT2D eigenvalue weighted by molar-refractivity contribution is -0.127. The Morgan fingerprint density at radius 3 is 2.67 bits per heavy atom. The number of benzene rings is 2. The van der Waals surface area contributed by atoms with Gasteiger partial charge in [0.1, 0.15) is 5.54 Å². The third-order valence-electron chi connectivity index (χ3n) is 5.95. The lowest BCUT2D eigenvalue weighted by atomic mass is 9.70.